The summed E-state index contributed by atoms with van der Waals surface area (Å²) in [6, 6.07) is 13.5. The van der Waals surface area contributed by atoms with Gasteiger partial charge in [0, 0.05) is 31.3 Å². The Kier molecular flexibility index (Phi) is 5.64. The number of rotatable bonds is 7. The number of aliphatic hydroxyl groups is 1. The molecular formula is C21H24N4O4. The molecule has 1 fully saturated rings. The lowest BCUT2D eigenvalue weighted by Gasteiger charge is -2.28. The highest BCUT2D eigenvalue weighted by Gasteiger charge is 2.19. The number of methoxy groups -OCH3 is 1. The number of aliphatic hydroxyl groups excluding tert-OH is 1. The van der Waals surface area contributed by atoms with Gasteiger partial charge in [-0.25, -0.2) is 4.52 Å². The number of hydrogen-bond acceptors (Lipinski definition) is 6. The number of nitrogens with one attached hydrogen (secondary N) is 1. The van der Waals surface area contributed by atoms with E-state index in [4.69, 9.17) is 9.47 Å². The number of β-amino-alcohol motifs (C(OH)–C–C–N with tert-alkyl or cyclic N) is 1. The SMILES string of the molecule is COc1cc(OCC(O)CN2CCNC(=O)C2)cc(-c2cccc3ccnn23)c1. The number of piperazine rings is 1. The highest BCUT2D eigenvalue weighted by molar-refractivity contribution is 5.78. The third-order valence-electron chi connectivity index (χ3n) is 4.86. The number of nitrogens with zero attached hydrogens (tertiary/aromatic N) is 3. The number of pyridine rings is 1. The number of amides is 1. The van der Waals surface area contributed by atoms with Gasteiger partial charge in [0.25, 0.3) is 0 Å². The minimum absolute atomic E-state index is 0.0189. The topological polar surface area (TPSA) is 88.3 Å². The molecule has 1 atom stereocenters. The average Bonchev–Trinajstić information content (AvgIpc) is 3.21. The number of ether oxygens (including phenoxy) is 2. The van der Waals surface area contributed by atoms with Crippen LogP contribution in [0.3, 0.4) is 0 Å². The molecule has 1 aliphatic rings. The second-order valence-corrected chi connectivity index (χ2v) is 7.03. The molecule has 3 aromatic rings. The summed E-state index contributed by atoms with van der Waals surface area (Å²) >= 11 is 0. The predicted octanol–water partition coefficient (Wildman–Crippen LogP) is 1.18. The minimum atomic E-state index is -0.704. The number of aromatic nitrogens is 2. The fourth-order valence-corrected chi connectivity index (χ4v) is 3.48. The van der Waals surface area contributed by atoms with Crippen LogP contribution in [0, 0.1) is 0 Å². The van der Waals surface area contributed by atoms with Gasteiger partial charge in [0.15, 0.2) is 0 Å². The van der Waals surface area contributed by atoms with Crippen molar-refractivity contribution in [2.45, 2.75) is 6.10 Å². The van der Waals surface area contributed by atoms with Crippen molar-refractivity contribution in [2.75, 3.05) is 39.9 Å². The fraction of sp³-hybridized carbons (Fsp3) is 0.333. The number of carbonyl (C=O) groups is 1. The monoisotopic (exact) mass is 396 g/mol. The quantitative estimate of drug-likeness (QED) is 0.624. The van der Waals surface area contributed by atoms with E-state index >= 15 is 0 Å². The summed E-state index contributed by atoms with van der Waals surface area (Å²) in [5, 5.41) is 17.5. The van der Waals surface area contributed by atoms with Crippen LogP contribution in [0.25, 0.3) is 16.8 Å². The van der Waals surface area contributed by atoms with Crippen molar-refractivity contribution in [1.82, 2.24) is 19.8 Å². The summed E-state index contributed by atoms with van der Waals surface area (Å²) in [7, 11) is 1.60. The molecule has 1 aliphatic heterocycles. The van der Waals surface area contributed by atoms with Crippen molar-refractivity contribution >= 4 is 11.4 Å². The highest BCUT2D eigenvalue weighted by atomic mass is 16.5. The van der Waals surface area contributed by atoms with Gasteiger partial charge in [0.05, 0.1) is 31.1 Å². The molecular weight excluding hydrogens is 372 g/mol. The maximum atomic E-state index is 11.5. The van der Waals surface area contributed by atoms with E-state index in [-0.39, 0.29) is 12.5 Å². The Morgan fingerprint density at radius 2 is 2.10 bits per heavy atom. The third kappa shape index (κ3) is 4.49. The molecule has 1 aromatic carbocycles. The third-order valence-corrected chi connectivity index (χ3v) is 4.86. The molecule has 0 bridgehead atoms. The van der Waals surface area contributed by atoms with Gasteiger partial charge in [-0.05, 0) is 30.3 Å². The van der Waals surface area contributed by atoms with E-state index in [0.717, 1.165) is 23.3 Å². The molecule has 1 amide bonds. The summed E-state index contributed by atoms with van der Waals surface area (Å²) < 4.78 is 13.1. The Hall–Kier alpha value is -3.10. The van der Waals surface area contributed by atoms with Gasteiger partial charge in [0.2, 0.25) is 5.91 Å². The summed E-state index contributed by atoms with van der Waals surface area (Å²) in [5.74, 6) is 1.23. The molecule has 152 valence electrons. The first-order valence-electron chi connectivity index (χ1n) is 9.54. The standard InChI is InChI=1S/C21H24N4O4/c1-28-18-9-15(20-4-2-3-16-5-6-23-25(16)20)10-19(11-18)29-14-17(26)12-24-8-7-22-21(27)13-24/h2-6,9-11,17,26H,7-8,12-14H2,1H3,(H,22,27). The molecule has 3 heterocycles. The van der Waals surface area contributed by atoms with Crippen LogP contribution >= 0.6 is 0 Å². The van der Waals surface area contributed by atoms with E-state index < -0.39 is 6.10 Å². The molecule has 1 saturated heterocycles. The maximum absolute atomic E-state index is 11.5. The molecule has 8 nitrogen and oxygen atoms in total. The Morgan fingerprint density at radius 1 is 1.24 bits per heavy atom. The Bertz CT molecular complexity index is 1000. The van der Waals surface area contributed by atoms with Crippen molar-refractivity contribution < 1.29 is 19.4 Å². The second-order valence-electron chi connectivity index (χ2n) is 7.03. The molecule has 0 saturated carbocycles. The Morgan fingerprint density at radius 3 is 2.93 bits per heavy atom. The van der Waals surface area contributed by atoms with Gasteiger partial charge in [-0.1, -0.05) is 6.07 Å². The van der Waals surface area contributed by atoms with Gasteiger partial charge < -0.3 is 19.9 Å². The molecule has 8 heteroatoms. The Labute approximate surface area is 168 Å². The summed E-state index contributed by atoms with van der Waals surface area (Å²) in [4.78, 5) is 13.4. The van der Waals surface area contributed by atoms with Crippen LogP contribution in [0.1, 0.15) is 0 Å². The average molecular weight is 396 g/mol. The Balaban J connectivity index is 1.48. The number of carbonyl (C=O) groups excluding carboxylic acids is 1. The molecule has 0 radical (unpaired) electrons. The van der Waals surface area contributed by atoms with Gasteiger partial charge in [-0.15, -0.1) is 0 Å². The predicted molar refractivity (Wildman–Crippen MR) is 108 cm³/mol. The normalized spacial score (nSPS) is 15.9. The fourth-order valence-electron chi connectivity index (χ4n) is 3.48. The smallest absolute Gasteiger partial charge is 0.234 e. The highest BCUT2D eigenvalue weighted by Crippen LogP contribution is 2.30. The number of fused-ring (bicyclic) bond motifs is 1. The van der Waals surface area contributed by atoms with Crippen LogP contribution in [0.5, 0.6) is 11.5 Å². The van der Waals surface area contributed by atoms with E-state index in [1.165, 1.54) is 0 Å². The van der Waals surface area contributed by atoms with Gasteiger partial charge in [-0.3, -0.25) is 9.69 Å². The molecule has 1 unspecified atom stereocenters. The molecule has 2 N–H and O–H groups in total. The number of hydrogen-bond donors (Lipinski definition) is 2. The first kappa shape index (κ1) is 19.2. The minimum Gasteiger partial charge on any atom is -0.497 e. The number of benzene rings is 1. The second kappa shape index (κ2) is 8.50. The van der Waals surface area contributed by atoms with Crippen LogP contribution in [-0.4, -0.2) is 71.5 Å². The van der Waals surface area contributed by atoms with E-state index in [0.29, 0.717) is 31.1 Å². The first-order chi connectivity index (χ1) is 14.1. The van der Waals surface area contributed by atoms with E-state index in [9.17, 15) is 9.90 Å². The van der Waals surface area contributed by atoms with Crippen molar-refractivity contribution in [3.63, 3.8) is 0 Å². The lowest BCUT2D eigenvalue weighted by atomic mass is 10.1. The van der Waals surface area contributed by atoms with Gasteiger partial charge >= 0.3 is 0 Å². The van der Waals surface area contributed by atoms with Crippen LogP contribution in [0.2, 0.25) is 0 Å². The van der Waals surface area contributed by atoms with Crippen LogP contribution in [0.15, 0.2) is 48.7 Å². The lowest BCUT2D eigenvalue weighted by molar-refractivity contribution is -0.124. The maximum Gasteiger partial charge on any atom is 0.234 e. The van der Waals surface area contributed by atoms with E-state index in [1.807, 2.05) is 45.8 Å². The first-order valence-corrected chi connectivity index (χ1v) is 9.54. The molecule has 0 spiro atoms. The van der Waals surface area contributed by atoms with Crippen molar-refractivity contribution in [3.8, 4) is 22.8 Å². The van der Waals surface area contributed by atoms with Crippen LogP contribution in [0.4, 0.5) is 0 Å². The lowest BCUT2D eigenvalue weighted by Crippen LogP contribution is -2.50. The largest absolute Gasteiger partial charge is 0.497 e. The summed E-state index contributed by atoms with van der Waals surface area (Å²) in [5.41, 5.74) is 2.81. The van der Waals surface area contributed by atoms with Gasteiger partial charge in [0.1, 0.15) is 24.2 Å². The zero-order valence-electron chi connectivity index (χ0n) is 16.2. The van der Waals surface area contributed by atoms with Crippen molar-refractivity contribution in [3.05, 3.63) is 48.7 Å². The zero-order chi connectivity index (χ0) is 20.2. The summed E-state index contributed by atoms with van der Waals surface area (Å²) in [6.07, 6.45) is 1.05. The molecule has 29 heavy (non-hydrogen) atoms. The summed E-state index contributed by atoms with van der Waals surface area (Å²) in [6.45, 7) is 2.13. The van der Waals surface area contributed by atoms with Crippen LogP contribution < -0.4 is 14.8 Å². The van der Waals surface area contributed by atoms with Gasteiger partial charge in [-0.2, -0.15) is 5.10 Å². The zero-order valence-corrected chi connectivity index (χ0v) is 16.2. The van der Waals surface area contributed by atoms with E-state index in [1.54, 1.807) is 19.4 Å². The van der Waals surface area contributed by atoms with Crippen LogP contribution in [-0.2, 0) is 4.79 Å². The van der Waals surface area contributed by atoms with E-state index in [2.05, 4.69) is 10.4 Å². The molecule has 0 aliphatic carbocycles. The van der Waals surface area contributed by atoms with Crippen molar-refractivity contribution in [2.24, 2.45) is 0 Å². The van der Waals surface area contributed by atoms with Crippen molar-refractivity contribution in [1.29, 1.82) is 0 Å². The molecule has 2 aromatic heterocycles. The molecule has 4 rings (SSSR count).